The molecule has 24 heavy (non-hydrogen) atoms. The van der Waals surface area contributed by atoms with Crippen LogP contribution < -0.4 is 14.8 Å². The Bertz CT molecular complexity index is 866. The molecule has 0 aliphatic heterocycles. The van der Waals surface area contributed by atoms with E-state index in [1.807, 2.05) is 37.3 Å². The van der Waals surface area contributed by atoms with Crippen LogP contribution in [0, 0.1) is 0 Å². The zero-order chi connectivity index (χ0) is 16.9. The van der Waals surface area contributed by atoms with Gasteiger partial charge in [0.05, 0.1) is 11.3 Å². The van der Waals surface area contributed by atoms with E-state index in [0.717, 1.165) is 20.4 Å². The number of halogens is 1. The van der Waals surface area contributed by atoms with E-state index in [-0.39, 0.29) is 12.5 Å². The van der Waals surface area contributed by atoms with E-state index in [4.69, 9.17) is 9.47 Å². The summed E-state index contributed by atoms with van der Waals surface area (Å²) in [6.07, 6.45) is 0. The number of carbonyl (C=O) groups is 1. The second kappa shape index (κ2) is 7.63. The van der Waals surface area contributed by atoms with Gasteiger partial charge >= 0.3 is 0 Å². The Morgan fingerprint density at radius 2 is 2.08 bits per heavy atom. The molecule has 124 valence electrons. The zero-order valence-electron chi connectivity index (χ0n) is 12.9. The van der Waals surface area contributed by atoms with Gasteiger partial charge in [-0.25, -0.2) is 4.98 Å². The van der Waals surface area contributed by atoms with Gasteiger partial charge in [-0.3, -0.25) is 10.1 Å². The van der Waals surface area contributed by atoms with Crippen LogP contribution in [0.4, 0.5) is 5.13 Å². The maximum atomic E-state index is 12.0. The molecule has 0 saturated heterocycles. The quantitative estimate of drug-likeness (QED) is 0.655. The molecule has 1 N–H and O–H groups in total. The summed E-state index contributed by atoms with van der Waals surface area (Å²) in [4.78, 5) is 16.5. The number of hydrogen-bond donors (Lipinski definition) is 1. The van der Waals surface area contributed by atoms with E-state index in [0.29, 0.717) is 17.5 Å². The van der Waals surface area contributed by atoms with E-state index in [1.54, 1.807) is 12.1 Å². The molecule has 0 saturated carbocycles. The van der Waals surface area contributed by atoms with Gasteiger partial charge in [-0.2, -0.15) is 0 Å². The highest BCUT2D eigenvalue weighted by Gasteiger charge is 2.11. The normalized spacial score (nSPS) is 10.6. The Morgan fingerprint density at radius 3 is 2.88 bits per heavy atom. The number of fused-ring (bicyclic) bond motifs is 1. The highest BCUT2D eigenvalue weighted by molar-refractivity contribution is 9.10. The molecule has 7 heteroatoms. The number of amides is 1. The number of nitrogens with one attached hydrogen (secondary N) is 1. The van der Waals surface area contributed by atoms with Gasteiger partial charge < -0.3 is 9.47 Å². The molecule has 0 unspecified atom stereocenters. The van der Waals surface area contributed by atoms with Crippen LogP contribution in [0.25, 0.3) is 10.2 Å². The lowest BCUT2D eigenvalue weighted by Crippen LogP contribution is -2.19. The molecular weight excluding hydrogens is 392 g/mol. The van der Waals surface area contributed by atoms with E-state index < -0.39 is 0 Å². The molecule has 1 aromatic heterocycles. The predicted octanol–water partition coefficient (Wildman–Crippen LogP) is 4.48. The average Bonchev–Trinajstić information content (AvgIpc) is 2.97. The van der Waals surface area contributed by atoms with Crippen LogP contribution in [0.1, 0.15) is 6.92 Å². The SMILES string of the molecule is CCOc1cccc2sc(NC(=O)COc3cccc(Br)c3)nc12. The first-order valence-electron chi connectivity index (χ1n) is 7.36. The molecular formula is C17H15BrN2O3S. The summed E-state index contributed by atoms with van der Waals surface area (Å²) in [5.74, 6) is 1.09. The minimum absolute atomic E-state index is 0.0787. The smallest absolute Gasteiger partial charge is 0.264 e. The van der Waals surface area contributed by atoms with Gasteiger partial charge in [-0.05, 0) is 37.3 Å². The third kappa shape index (κ3) is 4.04. The summed E-state index contributed by atoms with van der Waals surface area (Å²) in [5.41, 5.74) is 0.757. The van der Waals surface area contributed by atoms with Crippen LogP contribution in [0.2, 0.25) is 0 Å². The minimum atomic E-state index is -0.257. The van der Waals surface area contributed by atoms with E-state index in [1.165, 1.54) is 11.3 Å². The monoisotopic (exact) mass is 406 g/mol. The van der Waals surface area contributed by atoms with Gasteiger partial charge in [0, 0.05) is 4.47 Å². The van der Waals surface area contributed by atoms with Gasteiger partial charge in [0.25, 0.3) is 5.91 Å². The Morgan fingerprint density at radius 1 is 1.25 bits per heavy atom. The number of anilines is 1. The first-order chi connectivity index (χ1) is 11.7. The average molecular weight is 407 g/mol. The van der Waals surface area contributed by atoms with Crippen molar-refractivity contribution < 1.29 is 14.3 Å². The second-order valence-corrected chi connectivity index (χ2v) is 6.80. The fraction of sp³-hybridized carbons (Fsp3) is 0.176. The molecule has 1 heterocycles. The van der Waals surface area contributed by atoms with Gasteiger partial charge in [-0.15, -0.1) is 0 Å². The van der Waals surface area contributed by atoms with Crippen molar-refractivity contribution in [2.75, 3.05) is 18.5 Å². The highest BCUT2D eigenvalue weighted by Crippen LogP contribution is 2.32. The van der Waals surface area contributed by atoms with Crippen molar-refractivity contribution in [2.24, 2.45) is 0 Å². The number of ether oxygens (including phenoxy) is 2. The Hall–Kier alpha value is -2.12. The summed E-state index contributed by atoms with van der Waals surface area (Å²) < 4.78 is 12.9. The first kappa shape index (κ1) is 16.7. The number of carbonyl (C=O) groups excluding carboxylic acids is 1. The molecule has 0 fully saturated rings. The molecule has 3 rings (SSSR count). The molecule has 0 spiro atoms. The van der Waals surface area contributed by atoms with Crippen LogP contribution >= 0.6 is 27.3 Å². The number of nitrogens with zero attached hydrogens (tertiary/aromatic N) is 1. The van der Waals surface area contributed by atoms with Crippen molar-refractivity contribution in [3.8, 4) is 11.5 Å². The van der Waals surface area contributed by atoms with Gasteiger partial charge in [-0.1, -0.05) is 39.4 Å². The van der Waals surface area contributed by atoms with Crippen LogP contribution in [0.3, 0.4) is 0 Å². The maximum absolute atomic E-state index is 12.0. The van der Waals surface area contributed by atoms with E-state index in [9.17, 15) is 4.79 Å². The number of rotatable bonds is 6. The van der Waals surface area contributed by atoms with Crippen LogP contribution in [-0.2, 0) is 4.79 Å². The summed E-state index contributed by atoms with van der Waals surface area (Å²) in [6.45, 7) is 2.41. The zero-order valence-corrected chi connectivity index (χ0v) is 15.3. The lowest BCUT2D eigenvalue weighted by atomic mass is 10.3. The fourth-order valence-electron chi connectivity index (χ4n) is 2.11. The van der Waals surface area contributed by atoms with Crippen molar-refractivity contribution in [3.63, 3.8) is 0 Å². The van der Waals surface area contributed by atoms with Crippen LogP contribution in [0.15, 0.2) is 46.9 Å². The van der Waals surface area contributed by atoms with Crippen LogP contribution in [0.5, 0.6) is 11.5 Å². The topological polar surface area (TPSA) is 60.5 Å². The van der Waals surface area contributed by atoms with Crippen molar-refractivity contribution >= 4 is 48.5 Å². The van der Waals surface area contributed by atoms with E-state index >= 15 is 0 Å². The Balaban J connectivity index is 1.66. The summed E-state index contributed by atoms with van der Waals surface area (Å²) in [6, 6.07) is 13.1. The molecule has 3 aromatic rings. The van der Waals surface area contributed by atoms with Crippen molar-refractivity contribution in [2.45, 2.75) is 6.92 Å². The highest BCUT2D eigenvalue weighted by atomic mass is 79.9. The molecule has 5 nitrogen and oxygen atoms in total. The second-order valence-electron chi connectivity index (χ2n) is 4.85. The molecule has 1 amide bonds. The van der Waals surface area contributed by atoms with Gasteiger partial charge in [0.2, 0.25) is 0 Å². The Labute approximate surface area is 151 Å². The van der Waals surface area contributed by atoms with Crippen LogP contribution in [-0.4, -0.2) is 24.1 Å². The maximum Gasteiger partial charge on any atom is 0.264 e. The van der Waals surface area contributed by atoms with Crippen molar-refractivity contribution in [3.05, 3.63) is 46.9 Å². The summed E-state index contributed by atoms with van der Waals surface area (Å²) in [7, 11) is 0. The summed E-state index contributed by atoms with van der Waals surface area (Å²) >= 11 is 4.76. The largest absolute Gasteiger partial charge is 0.492 e. The standard InChI is InChI=1S/C17H15BrN2O3S/c1-2-22-13-7-4-8-14-16(13)20-17(24-14)19-15(21)10-23-12-6-3-5-11(18)9-12/h3-9H,2,10H2,1H3,(H,19,20,21). The molecule has 0 aliphatic carbocycles. The first-order valence-corrected chi connectivity index (χ1v) is 8.97. The fourth-order valence-corrected chi connectivity index (χ4v) is 3.39. The molecule has 0 atom stereocenters. The molecule has 0 bridgehead atoms. The lowest BCUT2D eigenvalue weighted by Gasteiger charge is -2.05. The van der Waals surface area contributed by atoms with E-state index in [2.05, 4.69) is 26.2 Å². The van der Waals surface area contributed by atoms with Gasteiger partial charge in [0.15, 0.2) is 11.7 Å². The number of para-hydroxylation sites is 1. The summed E-state index contributed by atoms with van der Waals surface area (Å²) in [5, 5.41) is 3.29. The number of benzene rings is 2. The molecule has 0 radical (unpaired) electrons. The minimum Gasteiger partial charge on any atom is -0.492 e. The van der Waals surface area contributed by atoms with Crippen molar-refractivity contribution in [1.29, 1.82) is 0 Å². The molecule has 2 aromatic carbocycles. The van der Waals surface area contributed by atoms with Gasteiger partial charge in [0.1, 0.15) is 17.0 Å². The lowest BCUT2D eigenvalue weighted by molar-refractivity contribution is -0.118. The Kier molecular flexibility index (Phi) is 5.32. The number of hydrogen-bond acceptors (Lipinski definition) is 5. The third-order valence-electron chi connectivity index (χ3n) is 3.09. The number of thiazole rings is 1. The predicted molar refractivity (Wildman–Crippen MR) is 99.1 cm³/mol. The molecule has 0 aliphatic rings. The van der Waals surface area contributed by atoms with Crippen molar-refractivity contribution in [1.82, 2.24) is 4.98 Å². The number of aromatic nitrogens is 1. The third-order valence-corrected chi connectivity index (χ3v) is 4.52.